The molecule has 0 aromatic heterocycles. The number of nitrogens with zero attached hydrogens (tertiary/aromatic N) is 2. The van der Waals surface area contributed by atoms with Crippen molar-refractivity contribution in [3.8, 4) is 0 Å². The third kappa shape index (κ3) is 6.77. The summed E-state index contributed by atoms with van der Waals surface area (Å²) in [6.45, 7) is 3.48. The van der Waals surface area contributed by atoms with Gasteiger partial charge >= 0.3 is 0 Å². The monoisotopic (exact) mass is 527 g/mol. The first-order chi connectivity index (χ1) is 15.1. The zero-order chi connectivity index (χ0) is 23.9. The van der Waals surface area contributed by atoms with Crippen molar-refractivity contribution >= 4 is 43.5 Å². The molecule has 0 saturated carbocycles. The Morgan fingerprint density at radius 1 is 1.09 bits per heavy atom. The van der Waals surface area contributed by atoms with Gasteiger partial charge in [-0.25, -0.2) is 12.8 Å². The number of sulfonamides is 1. The van der Waals surface area contributed by atoms with Gasteiger partial charge < -0.3 is 10.2 Å². The minimum absolute atomic E-state index is 0.0301. The van der Waals surface area contributed by atoms with Crippen LogP contribution in [-0.4, -0.2) is 50.5 Å². The number of hydrogen-bond acceptors (Lipinski definition) is 4. The van der Waals surface area contributed by atoms with Crippen molar-refractivity contribution in [2.24, 2.45) is 0 Å². The first-order valence-electron chi connectivity index (χ1n) is 10.1. The van der Waals surface area contributed by atoms with E-state index in [4.69, 9.17) is 0 Å². The normalized spacial score (nSPS) is 12.2. The summed E-state index contributed by atoms with van der Waals surface area (Å²) in [6, 6.07) is 11.5. The van der Waals surface area contributed by atoms with Crippen molar-refractivity contribution < 1.29 is 22.4 Å². The van der Waals surface area contributed by atoms with Gasteiger partial charge in [0.25, 0.3) is 0 Å². The van der Waals surface area contributed by atoms with Crippen molar-refractivity contribution in [1.82, 2.24) is 10.2 Å². The number of rotatable bonds is 10. The van der Waals surface area contributed by atoms with Gasteiger partial charge in [0.1, 0.15) is 18.4 Å². The molecule has 2 rings (SSSR count). The molecule has 0 heterocycles. The highest BCUT2D eigenvalue weighted by Crippen LogP contribution is 2.28. The zero-order valence-corrected chi connectivity index (χ0v) is 20.6. The van der Waals surface area contributed by atoms with Crippen molar-refractivity contribution in [2.75, 3.05) is 23.7 Å². The smallest absolute Gasteiger partial charge is 0.244 e. The fourth-order valence-corrected chi connectivity index (χ4v) is 4.72. The van der Waals surface area contributed by atoms with Crippen LogP contribution in [0.25, 0.3) is 0 Å². The Morgan fingerprint density at radius 2 is 1.72 bits per heavy atom. The second-order valence-electron chi connectivity index (χ2n) is 7.19. The summed E-state index contributed by atoms with van der Waals surface area (Å²) in [5, 5.41) is 2.72. The first kappa shape index (κ1) is 25.8. The van der Waals surface area contributed by atoms with Gasteiger partial charge in [0.2, 0.25) is 21.8 Å². The molecule has 0 saturated heterocycles. The number of para-hydroxylation sites is 1. The molecule has 0 aliphatic heterocycles. The van der Waals surface area contributed by atoms with Crippen LogP contribution in [0.15, 0.2) is 53.0 Å². The van der Waals surface area contributed by atoms with E-state index in [1.165, 1.54) is 29.2 Å². The van der Waals surface area contributed by atoms with Crippen molar-refractivity contribution in [3.63, 3.8) is 0 Å². The molecule has 0 aliphatic rings. The summed E-state index contributed by atoms with van der Waals surface area (Å²) in [4.78, 5) is 27.4. The van der Waals surface area contributed by atoms with Crippen molar-refractivity contribution in [2.45, 2.75) is 32.9 Å². The summed E-state index contributed by atoms with van der Waals surface area (Å²) in [6.07, 6.45) is 1.35. The summed E-state index contributed by atoms with van der Waals surface area (Å²) in [5.41, 5.74) is 0.936. The molecule has 0 spiro atoms. The maximum Gasteiger partial charge on any atom is 0.244 e. The van der Waals surface area contributed by atoms with E-state index in [0.717, 1.165) is 10.6 Å². The highest BCUT2D eigenvalue weighted by atomic mass is 79.9. The second kappa shape index (κ2) is 11.4. The van der Waals surface area contributed by atoms with E-state index >= 15 is 0 Å². The molecule has 7 nitrogen and oxygen atoms in total. The van der Waals surface area contributed by atoms with E-state index in [2.05, 4.69) is 21.2 Å². The van der Waals surface area contributed by atoms with E-state index in [9.17, 15) is 22.4 Å². The summed E-state index contributed by atoms with van der Waals surface area (Å²) >= 11 is 3.33. The lowest BCUT2D eigenvalue weighted by Crippen LogP contribution is -2.52. The molecular weight excluding hydrogens is 501 g/mol. The maximum atomic E-state index is 13.4. The van der Waals surface area contributed by atoms with Crippen LogP contribution in [0, 0.1) is 5.82 Å². The Kier molecular flexibility index (Phi) is 9.21. The van der Waals surface area contributed by atoms with Crippen LogP contribution in [0.5, 0.6) is 0 Å². The van der Waals surface area contributed by atoms with Gasteiger partial charge in [-0.15, -0.1) is 0 Å². The minimum atomic E-state index is -3.80. The third-order valence-corrected chi connectivity index (χ3v) is 6.60. The Labute approximate surface area is 196 Å². The first-order valence-corrected chi connectivity index (χ1v) is 12.8. The fraction of sp³-hybridized carbons (Fsp3) is 0.364. The lowest BCUT2D eigenvalue weighted by Gasteiger charge is -2.33. The Bertz CT molecular complexity index is 1050. The molecule has 0 unspecified atom stereocenters. The van der Waals surface area contributed by atoms with Crippen molar-refractivity contribution in [1.29, 1.82) is 0 Å². The lowest BCUT2D eigenvalue weighted by molar-refractivity contribution is -0.140. The van der Waals surface area contributed by atoms with Crippen LogP contribution < -0.4 is 9.62 Å². The average Bonchev–Trinajstić information content (AvgIpc) is 2.73. The maximum absolute atomic E-state index is 13.4. The molecule has 174 valence electrons. The average molecular weight is 528 g/mol. The number of carbonyl (C=O) groups is 2. The Balaban J connectivity index is 2.43. The van der Waals surface area contributed by atoms with Crippen LogP contribution in [0.1, 0.15) is 25.8 Å². The van der Waals surface area contributed by atoms with Gasteiger partial charge in [0, 0.05) is 17.6 Å². The standard InChI is InChI=1S/C22H27BrFN3O4S/c1-4-19(22(29)25-5-2)26(14-16-10-12-17(24)13-11-16)21(28)15-27(32(3,30)31)20-9-7-6-8-18(20)23/h6-13,19H,4-5,14-15H2,1-3H3,(H,25,29)/t19-/m1/s1. The van der Waals surface area contributed by atoms with Crippen LogP contribution in [0.3, 0.4) is 0 Å². The molecule has 10 heteroatoms. The van der Waals surface area contributed by atoms with E-state index in [1.54, 1.807) is 38.1 Å². The van der Waals surface area contributed by atoms with Gasteiger partial charge in [-0.1, -0.05) is 31.2 Å². The predicted molar refractivity (Wildman–Crippen MR) is 126 cm³/mol. The number of benzene rings is 2. The summed E-state index contributed by atoms with van der Waals surface area (Å²) in [7, 11) is -3.80. The number of likely N-dealkylation sites (N-methyl/N-ethyl adjacent to an activating group) is 1. The van der Waals surface area contributed by atoms with Gasteiger partial charge in [-0.05, 0) is 59.1 Å². The lowest BCUT2D eigenvalue weighted by atomic mass is 10.1. The largest absolute Gasteiger partial charge is 0.355 e. The molecule has 1 N–H and O–H groups in total. The number of hydrogen-bond donors (Lipinski definition) is 1. The third-order valence-electron chi connectivity index (χ3n) is 4.80. The predicted octanol–water partition coefficient (Wildman–Crippen LogP) is 3.30. The quantitative estimate of drug-likeness (QED) is 0.513. The molecule has 1 atom stereocenters. The van der Waals surface area contributed by atoms with E-state index in [-0.39, 0.29) is 12.5 Å². The Hall–Kier alpha value is -2.46. The van der Waals surface area contributed by atoms with Crippen LogP contribution in [-0.2, 0) is 26.2 Å². The highest BCUT2D eigenvalue weighted by molar-refractivity contribution is 9.10. The number of anilines is 1. The Morgan fingerprint density at radius 3 is 2.25 bits per heavy atom. The number of halogens is 2. The van der Waals surface area contributed by atoms with Crippen molar-refractivity contribution in [3.05, 3.63) is 64.4 Å². The van der Waals surface area contributed by atoms with E-state index in [1.807, 2.05) is 0 Å². The number of nitrogens with one attached hydrogen (secondary N) is 1. The van der Waals surface area contributed by atoms with Gasteiger partial charge in [-0.3, -0.25) is 13.9 Å². The molecule has 0 radical (unpaired) electrons. The molecule has 0 aliphatic carbocycles. The molecule has 2 amide bonds. The number of amides is 2. The summed E-state index contributed by atoms with van der Waals surface area (Å²) < 4.78 is 39.9. The van der Waals surface area contributed by atoms with E-state index in [0.29, 0.717) is 28.7 Å². The van der Waals surface area contributed by atoms with Crippen LogP contribution in [0.4, 0.5) is 10.1 Å². The van der Waals surface area contributed by atoms with E-state index < -0.39 is 34.3 Å². The van der Waals surface area contributed by atoms with Gasteiger partial charge in [0.15, 0.2) is 0 Å². The van der Waals surface area contributed by atoms with Gasteiger partial charge in [-0.2, -0.15) is 0 Å². The minimum Gasteiger partial charge on any atom is -0.355 e. The van der Waals surface area contributed by atoms with Crippen LogP contribution in [0.2, 0.25) is 0 Å². The topological polar surface area (TPSA) is 86.8 Å². The summed E-state index contributed by atoms with van der Waals surface area (Å²) in [5.74, 6) is -1.30. The van der Waals surface area contributed by atoms with Gasteiger partial charge in [0.05, 0.1) is 11.9 Å². The fourth-order valence-electron chi connectivity index (χ4n) is 3.25. The molecule has 2 aromatic rings. The SMILES string of the molecule is CCNC(=O)[C@@H](CC)N(Cc1ccc(F)cc1)C(=O)CN(c1ccccc1Br)S(C)(=O)=O. The number of carbonyl (C=O) groups excluding carboxylic acids is 2. The molecular formula is C22H27BrFN3O4S. The molecule has 2 aromatic carbocycles. The molecule has 0 fully saturated rings. The second-order valence-corrected chi connectivity index (χ2v) is 9.95. The highest BCUT2D eigenvalue weighted by Gasteiger charge is 2.32. The zero-order valence-electron chi connectivity index (χ0n) is 18.2. The van der Waals surface area contributed by atoms with Crippen LogP contribution >= 0.6 is 15.9 Å². The molecule has 32 heavy (non-hydrogen) atoms. The molecule has 0 bridgehead atoms.